The van der Waals surface area contributed by atoms with Crippen LogP contribution in [0.2, 0.25) is 0 Å². The molecule has 0 saturated carbocycles. The molecule has 5 heteroatoms. The van der Waals surface area contributed by atoms with Crippen molar-refractivity contribution in [2.75, 3.05) is 52.9 Å². The van der Waals surface area contributed by atoms with Gasteiger partial charge < -0.3 is 15.1 Å². The number of nitrogens with one attached hydrogen (secondary N) is 1. The molecule has 0 aromatic heterocycles. The predicted octanol–water partition coefficient (Wildman–Crippen LogP) is 2.42. The number of likely N-dealkylation sites (tertiary alicyclic amines) is 1. The van der Waals surface area contributed by atoms with Gasteiger partial charge in [-0.1, -0.05) is 37.3 Å². The molecule has 2 aliphatic heterocycles. The molecule has 0 unspecified atom stereocenters. The number of carbonyl (C=O) groups excluding carboxylic acids is 1. The monoisotopic (exact) mass is 344 g/mol. The first-order valence-electron chi connectivity index (χ1n) is 9.63. The van der Waals surface area contributed by atoms with E-state index in [2.05, 4.69) is 53.4 Å². The second-order valence-corrected chi connectivity index (χ2v) is 7.71. The molecular formula is C20H32N4O. The average Bonchev–Trinajstić information content (AvgIpc) is 2.63. The highest BCUT2D eigenvalue weighted by atomic mass is 16.2. The molecular weight excluding hydrogens is 312 g/mol. The van der Waals surface area contributed by atoms with Crippen LogP contribution < -0.4 is 5.32 Å². The van der Waals surface area contributed by atoms with Crippen LogP contribution in [0.15, 0.2) is 30.3 Å². The van der Waals surface area contributed by atoms with Gasteiger partial charge in [-0.2, -0.15) is 0 Å². The van der Waals surface area contributed by atoms with Gasteiger partial charge in [0.05, 0.1) is 6.04 Å². The quantitative estimate of drug-likeness (QED) is 0.912. The summed E-state index contributed by atoms with van der Waals surface area (Å²) in [5, 5.41) is 3.31. The van der Waals surface area contributed by atoms with E-state index in [0.717, 1.165) is 52.2 Å². The van der Waals surface area contributed by atoms with Gasteiger partial charge in [-0.15, -0.1) is 0 Å². The maximum absolute atomic E-state index is 12.8. The number of hydrogen-bond donors (Lipinski definition) is 1. The van der Waals surface area contributed by atoms with Crippen LogP contribution in [0.3, 0.4) is 0 Å². The maximum Gasteiger partial charge on any atom is 0.317 e. The molecule has 5 nitrogen and oxygen atoms in total. The Morgan fingerprint density at radius 3 is 2.56 bits per heavy atom. The van der Waals surface area contributed by atoms with Crippen LogP contribution in [0.1, 0.15) is 31.4 Å². The van der Waals surface area contributed by atoms with Crippen LogP contribution in [-0.4, -0.2) is 73.6 Å². The van der Waals surface area contributed by atoms with Gasteiger partial charge in [0.2, 0.25) is 0 Å². The zero-order valence-corrected chi connectivity index (χ0v) is 15.7. The minimum atomic E-state index is 0.0503. The van der Waals surface area contributed by atoms with Gasteiger partial charge >= 0.3 is 6.03 Å². The Hall–Kier alpha value is -1.59. The van der Waals surface area contributed by atoms with Crippen LogP contribution in [0, 0.1) is 5.92 Å². The van der Waals surface area contributed by atoms with E-state index >= 15 is 0 Å². The SMILES string of the molecule is C[C@@H]1CCCN(C(=O)N[C@@H](CN2CCN(C)CC2)c2ccccc2)C1. The van der Waals surface area contributed by atoms with Crippen molar-refractivity contribution in [3.8, 4) is 0 Å². The van der Waals surface area contributed by atoms with E-state index in [9.17, 15) is 4.79 Å². The lowest BCUT2D eigenvalue weighted by Gasteiger charge is -2.36. The molecule has 0 aliphatic carbocycles. The van der Waals surface area contributed by atoms with Gasteiger partial charge in [0.15, 0.2) is 0 Å². The molecule has 2 amide bonds. The van der Waals surface area contributed by atoms with Crippen molar-refractivity contribution in [2.45, 2.75) is 25.8 Å². The van der Waals surface area contributed by atoms with Crippen molar-refractivity contribution in [3.63, 3.8) is 0 Å². The van der Waals surface area contributed by atoms with Crippen LogP contribution >= 0.6 is 0 Å². The number of carbonyl (C=O) groups is 1. The molecule has 2 saturated heterocycles. The number of piperidine rings is 1. The first kappa shape index (κ1) is 18.2. The molecule has 0 bridgehead atoms. The fourth-order valence-corrected chi connectivity index (χ4v) is 3.82. The van der Waals surface area contributed by atoms with E-state index in [-0.39, 0.29) is 12.1 Å². The standard InChI is InChI=1S/C20H32N4O/c1-17-7-6-10-24(15-17)20(25)21-19(18-8-4-3-5-9-18)16-23-13-11-22(2)12-14-23/h3-5,8-9,17,19H,6-7,10-16H2,1-2H3,(H,21,25)/t17-,19+/m1/s1. The average molecular weight is 345 g/mol. The van der Waals surface area contributed by atoms with Crippen molar-refractivity contribution in [3.05, 3.63) is 35.9 Å². The largest absolute Gasteiger partial charge is 0.330 e. The summed E-state index contributed by atoms with van der Waals surface area (Å²) >= 11 is 0. The first-order chi connectivity index (χ1) is 12.1. The molecule has 1 aromatic carbocycles. The molecule has 138 valence electrons. The molecule has 2 atom stereocenters. The highest BCUT2D eigenvalue weighted by Gasteiger charge is 2.25. The lowest BCUT2D eigenvalue weighted by atomic mass is 10.0. The van der Waals surface area contributed by atoms with Crippen LogP contribution in [0.4, 0.5) is 4.79 Å². The molecule has 2 fully saturated rings. The number of rotatable bonds is 4. The molecule has 0 radical (unpaired) electrons. The molecule has 25 heavy (non-hydrogen) atoms. The number of nitrogens with zero attached hydrogens (tertiary/aromatic N) is 3. The van der Waals surface area contributed by atoms with Crippen molar-refractivity contribution >= 4 is 6.03 Å². The summed E-state index contributed by atoms with van der Waals surface area (Å²) in [7, 11) is 2.17. The smallest absolute Gasteiger partial charge is 0.317 e. The Kier molecular flexibility index (Phi) is 6.32. The number of urea groups is 1. The molecule has 3 rings (SSSR count). The number of amides is 2. The topological polar surface area (TPSA) is 38.8 Å². The van der Waals surface area contributed by atoms with Crippen molar-refractivity contribution in [1.82, 2.24) is 20.0 Å². The fourth-order valence-electron chi connectivity index (χ4n) is 3.82. The van der Waals surface area contributed by atoms with E-state index in [0.29, 0.717) is 5.92 Å². The third-order valence-electron chi connectivity index (χ3n) is 5.48. The minimum Gasteiger partial charge on any atom is -0.330 e. The lowest BCUT2D eigenvalue weighted by Crippen LogP contribution is -2.50. The fraction of sp³-hybridized carbons (Fsp3) is 0.650. The van der Waals surface area contributed by atoms with E-state index < -0.39 is 0 Å². The second-order valence-electron chi connectivity index (χ2n) is 7.71. The van der Waals surface area contributed by atoms with E-state index in [4.69, 9.17) is 0 Å². The molecule has 0 spiro atoms. The Labute approximate surface area is 152 Å². The Morgan fingerprint density at radius 2 is 1.88 bits per heavy atom. The summed E-state index contributed by atoms with van der Waals surface area (Å²) in [5.74, 6) is 0.604. The van der Waals surface area contributed by atoms with Crippen LogP contribution in [0.5, 0.6) is 0 Å². The number of benzene rings is 1. The Morgan fingerprint density at radius 1 is 1.16 bits per heavy atom. The van der Waals surface area contributed by atoms with E-state index in [1.54, 1.807) is 0 Å². The van der Waals surface area contributed by atoms with Gasteiger partial charge in [-0.3, -0.25) is 4.90 Å². The van der Waals surface area contributed by atoms with Crippen molar-refractivity contribution < 1.29 is 4.79 Å². The zero-order valence-electron chi connectivity index (χ0n) is 15.7. The summed E-state index contributed by atoms with van der Waals surface area (Å²) in [4.78, 5) is 19.6. The first-order valence-corrected chi connectivity index (χ1v) is 9.63. The van der Waals surface area contributed by atoms with Gasteiger partial charge in [-0.05, 0) is 31.4 Å². The van der Waals surface area contributed by atoms with Crippen LogP contribution in [-0.2, 0) is 0 Å². The third-order valence-corrected chi connectivity index (χ3v) is 5.48. The van der Waals surface area contributed by atoms with Gasteiger partial charge in [0.25, 0.3) is 0 Å². The molecule has 1 N–H and O–H groups in total. The number of hydrogen-bond acceptors (Lipinski definition) is 3. The van der Waals surface area contributed by atoms with Gasteiger partial charge in [0, 0.05) is 45.8 Å². The van der Waals surface area contributed by atoms with Gasteiger partial charge in [0.1, 0.15) is 0 Å². The van der Waals surface area contributed by atoms with E-state index in [1.165, 1.54) is 12.0 Å². The predicted molar refractivity (Wildman–Crippen MR) is 102 cm³/mol. The Bertz CT molecular complexity index is 542. The highest BCUT2D eigenvalue weighted by Crippen LogP contribution is 2.19. The second kappa shape index (κ2) is 8.68. The van der Waals surface area contributed by atoms with Gasteiger partial charge in [-0.25, -0.2) is 4.79 Å². The summed E-state index contributed by atoms with van der Waals surface area (Å²) < 4.78 is 0. The van der Waals surface area contributed by atoms with Crippen LogP contribution in [0.25, 0.3) is 0 Å². The number of piperazine rings is 1. The number of likely N-dealkylation sites (N-methyl/N-ethyl adjacent to an activating group) is 1. The molecule has 2 heterocycles. The van der Waals surface area contributed by atoms with Crippen molar-refractivity contribution in [1.29, 1.82) is 0 Å². The highest BCUT2D eigenvalue weighted by molar-refractivity contribution is 5.74. The molecule has 1 aromatic rings. The summed E-state index contributed by atoms with van der Waals surface area (Å²) in [6.07, 6.45) is 2.34. The maximum atomic E-state index is 12.8. The summed E-state index contributed by atoms with van der Waals surface area (Å²) in [6, 6.07) is 10.5. The normalized spacial score (nSPS) is 24.1. The molecule has 2 aliphatic rings. The lowest BCUT2D eigenvalue weighted by molar-refractivity contribution is 0.135. The zero-order chi connectivity index (χ0) is 17.6. The minimum absolute atomic E-state index is 0.0503. The summed E-state index contributed by atoms with van der Waals surface area (Å²) in [5.41, 5.74) is 1.19. The third kappa shape index (κ3) is 5.19. The Balaban J connectivity index is 1.65. The van der Waals surface area contributed by atoms with Crippen molar-refractivity contribution in [2.24, 2.45) is 5.92 Å². The van der Waals surface area contributed by atoms with E-state index in [1.807, 2.05) is 11.0 Å². The summed E-state index contributed by atoms with van der Waals surface area (Å²) in [6.45, 7) is 9.20.